The minimum atomic E-state index is -1.41. The highest BCUT2D eigenvalue weighted by molar-refractivity contribution is 5.79. The molecule has 28 heavy (non-hydrogen) atoms. The molecular formula is C17H27N3O8. The second-order valence-electron chi connectivity index (χ2n) is 7.44. The molecule has 4 atom stereocenters. The molecule has 11 nitrogen and oxygen atoms in total. The summed E-state index contributed by atoms with van der Waals surface area (Å²) in [6.45, 7) is 6.89. The predicted molar refractivity (Wildman–Crippen MR) is 96.1 cm³/mol. The standard InChI is InChI=1S/C17H27N3O8/c1-9(2)8-26-17(3,4)15(24)28-19-11-5-6-20(16(25)18-11)14-13(23)12(22)10(7-21)27-14/h5-6,9-10,12-14,21-23H,7-8H2,1-4H3,(H,18,19,25)/t10-,12-,13-,14-/m1/s1. The van der Waals surface area contributed by atoms with Crippen LogP contribution < -0.4 is 11.2 Å². The molecule has 11 heteroatoms. The lowest BCUT2D eigenvalue weighted by Crippen LogP contribution is -2.39. The smallest absolute Gasteiger partial charge is 0.363 e. The van der Waals surface area contributed by atoms with Crippen molar-refractivity contribution >= 4 is 11.8 Å². The molecule has 1 fully saturated rings. The number of anilines is 1. The molecule has 0 aromatic carbocycles. The molecule has 0 radical (unpaired) electrons. The van der Waals surface area contributed by atoms with Gasteiger partial charge in [-0.2, -0.15) is 4.98 Å². The monoisotopic (exact) mass is 401 g/mol. The molecular weight excluding hydrogens is 374 g/mol. The summed E-state index contributed by atoms with van der Waals surface area (Å²) in [5.41, 5.74) is 0.285. The number of hydrogen-bond donors (Lipinski definition) is 4. The molecule has 1 aromatic rings. The summed E-state index contributed by atoms with van der Waals surface area (Å²) in [5, 5.41) is 28.9. The number of nitrogens with one attached hydrogen (secondary N) is 1. The van der Waals surface area contributed by atoms with Gasteiger partial charge in [0.15, 0.2) is 17.6 Å². The molecule has 1 aliphatic rings. The number of nitrogens with zero attached hydrogens (tertiary/aromatic N) is 2. The number of ether oxygens (including phenoxy) is 2. The van der Waals surface area contributed by atoms with E-state index in [1.54, 1.807) is 13.8 Å². The van der Waals surface area contributed by atoms with Crippen molar-refractivity contribution in [1.82, 2.24) is 9.55 Å². The highest BCUT2D eigenvalue weighted by Gasteiger charge is 2.43. The summed E-state index contributed by atoms with van der Waals surface area (Å²) in [6.07, 6.45) is -3.71. The maximum Gasteiger partial charge on any atom is 0.363 e. The lowest BCUT2D eigenvalue weighted by Gasteiger charge is -2.24. The Balaban J connectivity index is 2.01. The third-order valence-electron chi connectivity index (χ3n) is 4.14. The molecule has 2 rings (SSSR count). The van der Waals surface area contributed by atoms with Gasteiger partial charge in [0.2, 0.25) is 0 Å². The van der Waals surface area contributed by atoms with Crippen LogP contribution in [0.4, 0.5) is 5.82 Å². The van der Waals surface area contributed by atoms with Crippen molar-refractivity contribution in [2.75, 3.05) is 18.7 Å². The average Bonchev–Trinajstić information content (AvgIpc) is 2.92. The average molecular weight is 401 g/mol. The fraction of sp³-hybridized carbons (Fsp3) is 0.706. The summed E-state index contributed by atoms with van der Waals surface area (Å²) < 4.78 is 11.8. The van der Waals surface area contributed by atoms with Crippen LogP contribution in [-0.4, -0.2) is 68.0 Å². The highest BCUT2D eigenvalue weighted by Crippen LogP contribution is 2.28. The van der Waals surface area contributed by atoms with E-state index in [1.165, 1.54) is 12.3 Å². The molecule has 0 amide bonds. The van der Waals surface area contributed by atoms with E-state index in [0.717, 1.165) is 4.57 Å². The number of carbonyl (C=O) groups is 1. The fourth-order valence-corrected chi connectivity index (χ4v) is 2.43. The van der Waals surface area contributed by atoms with Gasteiger partial charge in [0.25, 0.3) is 0 Å². The number of hydrogen-bond acceptors (Lipinski definition) is 10. The molecule has 1 aliphatic heterocycles. The molecule has 4 N–H and O–H groups in total. The number of aromatic nitrogens is 2. The largest absolute Gasteiger partial charge is 0.394 e. The molecule has 0 saturated carbocycles. The van der Waals surface area contributed by atoms with Crippen molar-refractivity contribution in [2.45, 2.75) is 57.8 Å². The molecule has 0 unspecified atom stereocenters. The van der Waals surface area contributed by atoms with Gasteiger partial charge < -0.3 is 29.6 Å². The van der Waals surface area contributed by atoms with E-state index in [0.29, 0.717) is 6.61 Å². The first-order valence-electron chi connectivity index (χ1n) is 8.89. The Morgan fingerprint density at radius 3 is 2.61 bits per heavy atom. The van der Waals surface area contributed by atoms with E-state index < -0.39 is 48.4 Å². The van der Waals surface area contributed by atoms with Gasteiger partial charge >= 0.3 is 11.7 Å². The Labute approximate surface area is 161 Å². The Kier molecular flexibility index (Phi) is 7.12. The lowest BCUT2D eigenvalue weighted by atomic mass is 10.1. The second kappa shape index (κ2) is 8.97. The fourth-order valence-electron chi connectivity index (χ4n) is 2.43. The Hall–Kier alpha value is -2.05. The minimum Gasteiger partial charge on any atom is -0.394 e. The van der Waals surface area contributed by atoms with Crippen LogP contribution in [0.15, 0.2) is 17.1 Å². The molecule has 0 spiro atoms. The summed E-state index contributed by atoms with van der Waals surface area (Å²) in [5.74, 6) is -0.491. The van der Waals surface area contributed by atoms with E-state index in [-0.39, 0.29) is 11.7 Å². The van der Waals surface area contributed by atoms with Crippen molar-refractivity contribution < 1.29 is 34.4 Å². The summed E-state index contributed by atoms with van der Waals surface area (Å²) in [6, 6.07) is 1.32. The van der Waals surface area contributed by atoms with E-state index in [1.807, 2.05) is 13.8 Å². The van der Waals surface area contributed by atoms with E-state index in [2.05, 4.69) is 10.5 Å². The van der Waals surface area contributed by atoms with Crippen LogP contribution >= 0.6 is 0 Å². The third-order valence-corrected chi connectivity index (χ3v) is 4.14. The van der Waals surface area contributed by atoms with Crippen LogP contribution in [-0.2, 0) is 19.1 Å². The van der Waals surface area contributed by atoms with Crippen LogP contribution in [0.1, 0.15) is 33.9 Å². The first-order valence-corrected chi connectivity index (χ1v) is 8.89. The molecule has 0 bridgehead atoms. The minimum absolute atomic E-state index is 0.0407. The van der Waals surface area contributed by atoms with Gasteiger partial charge in [-0.15, -0.1) is 0 Å². The Morgan fingerprint density at radius 2 is 2.07 bits per heavy atom. The van der Waals surface area contributed by atoms with Crippen molar-refractivity contribution in [1.29, 1.82) is 0 Å². The molecule has 1 aromatic heterocycles. The number of rotatable bonds is 8. The zero-order chi connectivity index (χ0) is 21.1. The van der Waals surface area contributed by atoms with Gasteiger partial charge in [0, 0.05) is 12.3 Å². The van der Waals surface area contributed by atoms with Crippen LogP contribution in [0.3, 0.4) is 0 Å². The van der Waals surface area contributed by atoms with Gasteiger partial charge in [0.1, 0.15) is 18.3 Å². The van der Waals surface area contributed by atoms with Gasteiger partial charge in [0.05, 0.1) is 13.2 Å². The molecule has 2 heterocycles. The maximum atomic E-state index is 12.2. The van der Waals surface area contributed by atoms with Crippen molar-refractivity contribution in [2.24, 2.45) is 5.92 Å². The van der Waals surface area contributed by atoms with Crippen LogP contribution in [0.5, 0.6) is 0 Å². The summed E-state index contributed by atoms with van der Waals surface area (Å²) in [7, 11) is 0. The summed E-state index contributed by atoms with van der Waals surface area (Å²) in [4.78, 5) is 33.0. The Bertz CT molecular complexity index is 735. The van der Waals surface area contributed by atoms with Crippen molar-refractivity contribution in [3.63, 3.8) is 0 Å². The van der Waals surface area contributed by atoms with Gasteiger partial charge in [-0.1, -0.05) is 13.8 Å². The molecule has 1 saturated heterocycles. The van der Waals surface area contributed by atoms with Crippen LogP contribution in [0.25, 0.3) is 0 Å². The number of carbonyl (C=O) groups excluding carboxylic acids is 1. The van der Waals surface area contributed by atoms with E-state index >= 15 is 0 Å². The van der Waals surface area contributed by atoms with Gasteiger partial charge in [-0.05, 0) is 19.8 Å². The first-order chi connectivity index (χ1) is 13.1. The van der Waals surface area contributed by atoms with E-state index in [9.17, 15) is 19.8 Å². The maximum absolute atomic E-state index is 12.2. The third kappa shape index (κ3) is 5.06. The second-order valence-corrected chi connectivity index (χ2v) is 7.44. The zero-order valence-electron chi connectivity index (χ0n) is 16.2. The number of aliphatic hydroxyl groups is 3. The topological polar surface area (TPSA) is 152 Å². The predicted octanol–water partition coefficient (Wildman–Crippen LogP) is -0.824. The molecule has 158 valence electrons. The summed E-state index contributed by atoms with van der Waals surface area (Å²) >= 11 is 0. The highest BCUT2D eigenvalue weighted by atomic mass is 16.7. The number of aliphatic hydroxyl groups excluding tert-OH is 3. The zero-order valence-corrected chi connectivity index (χ0v) is 16.2. The quantitative estimate of drug-likeness (QED) is 0.406. The van der Waals surface area contributed by atoms with Crippen molar-refractivity contribution in [3.05, 3.63) is 22.7 Å². The van der Waals surface area contributed by atoms with E-state index in [4.69, 9.17) is 19.4 Å². The Morgan fingerprint density at radius 1 is 1.39 bits per heavy atom. The van der Waals surface area contributed by atoms with Gasteiger partial charge in [-0.25, -0.2) is 15.1 Å². The van der Waals surface area contributed by atoms with Crippen molar-refractivity contribution in [3.8, 4) is 0 Å². The first kappa shape index (κ1) is 22.2. The van der Waals surface area contributed by atoms with Crippen LogP contribution in [0, 0.1) is 5.92 Å². The normalized spacial score (nSPS) is 25.1. The SMILES string of the molecule is CC(C)COC(C)(C)C(=O)ONc1ccn([C@@H]2O[C@H](CO)[C@@H](O)[C@H]2O)c(=O)n1. The molecule has 0 aliphatic carbocycles. The lowest BCUT2D eigenvalue weighted by molar-refractivity contribution is -0.166. The van der Waals surface area contributed by atoms with Crippen LogP contribution in [0.2, 0.25) is 0 Å². The van der Waals surface area contributed by atoms with Gasteiger partial charge in [-0.3, -0.25) is 4.57 Å².